The summed E-state index contributed by atoms with van der Waals surface area (Å²) in [4.78, 5) is 0. The number of benzene rings is 2. The van der Waals surface area contributed by atoms with E-state index in [1.54, 1.807) is 13.3 Å². The van der Waals surface area contributed by atoms with Gasteiger partial charge in [0.05, 0.1) is 25.6 Å². The highest BCUT2D eigenvalue weighted by Crippen LogP contribution is 2.20. The van der Waals surface area contributed by atoms with Crippen molar-refractivity contribution in [3.8, 4) is 5.75 Å². The predicted octanol–water partition coefficient (Wildman–Crippen LogP) is 3.68. The Balaban J connectivity index is 2.05. The van der Waals surface area contributed by atoms with E-state index < -0.39 is 0 Å². The molecule has 4 heteroatoms. The van der Waals surface area contributed by atoms with E-state index in [1.807, 2.05) is 55.5 Å². The van der Waals surface area contributed by atoms with Crippen molar-refractivity contribution in [2.24, 2.45) is 5.10 Å². The number of hydrogen-bond acceptors (Lipinski definition) is 4. The molecule has 0 atom stereocenters. The third-order valence-corrected chi connectivity index (χ3v) is 2.95. The molecule has 0 aromatic heterocycles. The number of ether oxygens (including phenoxy) is 2. The number of anilines is 1. The monoisotopic (exact) mass is 284 g/mol. The Morgan fingerprint density at radius 2 is 1.95 bits per heavy atom. The van der Waals surface area contributed by atoms with E-state index in [1.165, 1.54) is 0 Å². The minimum atomic E-state index is 0.535. The van der Waals surface area contributed by atoms with E-state index in [0.29, 0.717) is 13.2 Å². The molecule has 0 fully saturated rings. The number of hydrazone groups is 1. The first kappa shape index (κ1) is 15.1. The van der Waals surface area contributed by atoms with Gasteiger partial charge in [-0.15, -0.1) is 0 Å². The zero-order valence-corrected chi connectivity index (χ0v) is 12.4. The normalized spacial score (nSPS) is 10.8. The maximum absolute atomic E-state index is 5.45. The van der Waals surface area contributed by atoms with E-state index in [-0.39, 0.29) is 0 Å². The Morgan fingerprint density at radius 1 is 1.14 bits per heavy atom. The molecule has 0 aliphatic rings. The Hall–Kier alpha value is -2.33. The first-order chi connectivity index (χ1) is 10.3. The molecule has 2 aromatic carbocycles. The van der Waals surface area contributed by atoms with Crippen LogP contribution in [-0.4, -0.2) is 19.9 Å². The molecule has 0 bridgehead atoms. The number of nitrogens with zero attached hydrogens (tertiary/aromatic N) is 1. The van der Waals surface area contributed by atoms with Crippen molar-refractivity contribution in [2.75, 3.05) is 19.1 Å². The van der Waals surface area contributed by atoms with Crippen LogP contribution < -0.4 is 10.2 Å². The molecular weight excluding hydrogens is 264 g/mol. The summed E-state index contributed by atoms with van der Waals surface area (Å²) in [6, 6.07) is 15.7. The zero-order chi connectivity index (χ0) is 14.9. The number of methoxy groups -OCH3 is 1. The van der Waals surface area contributed by atoms with Crippen molar-refractivity contribution in [3.05, 3.63) is 59.7 Å². The van der Waals surface area contributed by atoms with Crippen LogP contribution in [0, 0.1) is 0 Å². The van der Waals surface area contributed by atoms with Crippen LogP contribution in [-0.2, 0) is 11.3 Å². The zero-order valence-electron chi connectivity index (χ0n) is 12.4. The van der Waals surface area contributed by atoms with Crippen molar-refractivity contribution >= 4 is 11.9 Å². The number of hydrogen-bond donors (Lipinski definition) is 1. The standard InChI is InChI=1S/C17H20N2O2/c1-3-21-13-15-11-14(9-10-17(15)20-2)12-18-19-16-7-5-4-6-8-16/h4-12,19H,3,13H2,1-2H3. The smallest absolute Gasteiger partial charge is 0.124 e. The molecule has 1 N–H and O–H groups in total. The van der Waals surface area contributed by atoms with Crippen molar-refractivity contribution < 1.29 is 9.47 Å². The summed E-state index contributed by atoms with van der Waals surface area (Å²) in [6.07, 6.45) is 1.78. The molecule has 0 saturated heterocycles. The van der Waals surface area contributed by atoms with Crippen LogP contribution in [0.5, 0.6) is 5.75 Å². The SMILES string of the molecule is CCOCc1cc(C=NNc2ccccc2)ccc1OC. The summed E-state index contributed by atoms with van der Waals surface area (Å²) < 4.78 is 10.8. The first-order valence-electron chi connectivity index (χ1n) is 6.92. The topological polar surface area (TPSA) is 42.8 Å². The van der Waals surface area contributed by atoms with Gasteiger partial charge in [0.2, 0.25) is 0 Å². The predicted molar refractivity (Wildman–Crippen MR) is 86.0 cm³/mol. The Morgan fingerprint density at radius 3 is 2.67 bits per heavy atom. The number of nitrogens with one attached hydrogen (secondary N) is 1. The van der Waals surface area contributed by atoms with Gasteiger partial charge in [-0.1, -0.05) is 18.2 Å². The third kappa shape index (κ3) is 4.61. The summed E-state index contributed by atoms with van der Waals surface area (Å²) >= 11 is 0. The Bertz CT molecular complexity index is 583. The maximum Gasteiger partial charge on any atom is 0.124 e. The second-order valence-corrected chi connectivity index (χ2v) is 4.44. The van der Waals surface area contributed by atoms with Gasteiger partial charge in [-0.3, -0.25) is 5.43 Å². The summed E-state index contributed by atoms with van der Waals surface area (Å²) in [5.41, 5.74) is 5.96. The third-order valence-electron chi connectivity index (χ3n) is 2.95. The summed E-state index contributed by atoms with van der Waals surface area (Å²) in [6.45, 7) is 3.19. The van der Waals surface area contributed by atoms with Crippen LogP contribution in [0.15, 0.2) is 53.6 Å². The average Bonchev–Trinajstić information content (AvgIpc) is 2.54. The number of para-hydroxylation sites is 1. The Labute approximate surface area is 125 Å². The molecule has 0 saturated carbocycles. The fourth-order valence-electron chi connectivity index (χ4n) is 1.90. The fourth-order valence-corrected chi connectivity index (χ4v) is 1.90. The van der Waals surface area contributed by atoms with Crippen LogP contribution in [0.2, 0.25) is 0 Å². The second-order valence-electron chi connectivity index (χ2n) is 4.44. The van der Waals surface area contributed by atoms with Crippen LogP contribution in [0.4, 0.5) is 5.69 Å². The van der Waals surface area contributed by atoms with Gasteiger partial charge >= 0.3 is 0 Å². The lowest BCUT2D eigenvalue weighted by molar-refractivity contribution is 0.132. The first-order valence-corrected chi connectivity index (χ1v) is 6.92. The van der Waals surface area contributed by atoms with E-state index in [0.717, 1.165) is 22.6 Å². The molecule has 0 unspecified atom stereocenters. The quantitative estimate of drug-likeness (QED) is 0.623. The Kier molecular flexibility index (Phi) is 5.79. The average molecular weight is 284 g/mol. The highest BCUT2D eigenvalue weighted by atomic mass is 16.5. The van der Waals surface area contributed by atoms with E-state index in [4.69, 9.17) is 9.47 Å². The molecule has 4 nitrogen and oxygen atoms in total. The maximum atomic E-state index is 5.45. The summed E-state index contributed by atoms with van der Waals surface area (Å²) in [5.74, 6) is 0.830. The molecule has 21 heavy (non-hydrogen) atoms. The molecular formula is C17H20N2O2. The largest absolute Gasteiger partial charge is 0.496 e. The van der Waals surface area contributed by atoms with Crippen molar-refractivity contribution in [1.29, 1.82) is 0 Å². The van der Waals surface area contributed by atoms with Gasteiger partial charge in [0, 0.05) is 12.2 Å². The van der Waals surface area contributed by atoms with Crippen molar-refractivity contribution in [3.63, 3.8) is 0 Å². The van der Waals surface area contributed by atoms with Gasteiger partial charge in [-0.2, -0.15) is 5.10 Å². The molecule has 0 spiro atoms. The molecule has 110 valence electrons. The molecule has 0 heterocycles. The summed E-state index contributed by atoms with van der Waals surface area (Å²) in [5, 5.41) is 4.23. The molecule has 0 aliphatic heterocycles. The molecule has 2 rings (SSSR count). The van der Waals surface area contributed by atoms with Crippen LogP contribution in [0.25, 0.3) is 0 Å². The van der Waals surface area contributed by atoms with Gasteiger partial charge in [0.15, 0.2) is 0 Å². The lowest BCUT2D eigenvalue weighted by Gasteiger charge is -2.09. The van der Waals surface area contributed by atoms with E-state index in [2.05, 4.69) is 10.5 Å². The van der Waals surface area contributed by atoms with Gasteiger partial charge in [-0.25, -0.2) is 0 Å². The highest BCUT2D eigenvalue weighted by Gasteiger charge is 2.03. The van der Waals surface area contributed by atoms with E-state index >= 15 is 0 Å². The molecule has 0 amide bonds. The molecule has 0 radical (unpaired) electrons. The van der Waals surface area contributed by atoms with Crippen LogP contribution in [0.3, 0.4) is 0 Å². The molecule has 0 aliphatic carbocycles. The van der Waals surface area contributed by atoms with Gasteiger partial charge in [-0.05, 0) is 42.8 Å². The van der Waals surface area contributed by atoms with Gasteiger partial charge in [0.25, 0.3) is 0 Å². The minimum Gasteiger partial charge on any atom is -0.496 e. The van der Waals surface area contributed by atoms with Crippen LogP contribution >= 0.6 is 0 Å². The second kappa shape index (κ2) is 8.07. The highest BCUT2D eigenvalue weighted by molar-refractivity contribution is 5.81. The van der Waals surface area contributed by atoms with Gasteiger partial charge in [0.1, 0.15) is 5.75 Å². The number of rotatable bonds is 7. The van der Waals surface area contributed by atoms with Crippen molar-refractivity contribution in [2.45, 2.75) is 13.5 Å². The fraction of sp³-hybridized carbons (Fsp3) is 0.235. The molecule has 2 aromatic rings. The minimum absolute atomic E-state index is 0.535. The van der Waals surface area contributed by atoms with Crippen molar-refractivity contribution in [1.82, 2.24) is 0 Å². The van der Waals surface area contributed by atoms with E-state index in [9.17, 15) is 0 Å². The summed E-state index contributed by atoms with van der Waals surface area (Å²) in [7, 11) is 1.66. The van der Waals surface area contributed by atoms with Gasteiger partial charge < -0.3 is 9.47 Å². The lowest BCUT2D eigenvalue weighted by Crippen LogP contribution is -1.98. The lowest BCUT2D eigenvalue weighted by atomic mass is 10.1. The van der Waals surface area contributed by atoms with Crippen LogP contribution in [0.1, 0.15) is 18.1 Å².